The smallest absolute Gasteiger partial charge is 0.119 e. The summed E-state index contributed by atoms with van der Waals surface area (Å²) in [7, 11) is 3.37. The highest BCUT2D eigenvalue weighted by Gasteiger charge is 2.29. The van der Waals surface area contributed by atoms with Gasteiger partial charge in [-0.3, -0.25) is 4.74 Å². The van der Waals surface area contributed by atoms with Gasteiger partial charge in [-0.2, -0.15) is 0 Å². The molecule has 0 saturated heterocycles. The summed E-state index contributed by atoms with van der Waals surface area (Å²) in [5.74, 6) is 0.435. The second-order valence-corrected chi connectivity index (χ2v) is 5.98. The van der Waals surface area contributed by atoms with E-state index >= 15 is 0 Å². The van der Waals surface area contributed by atoms with Gasteiger partial charge in [0.1, 0.15) is 5.75 Å². The van der Waals surface area contributed by atoms with E-state index in [0.717, 1.165) is 24.8 Å². The van der Waals surface area contributed by atoms with Gasteiger partial charge in [0.05, 0.1) is 6.04 Å². The Bertz CT molecular complexity index is 589. The Labute approximate surface area is 116 Å². The van der Waals surface area contributed by atoms with Gasteiger partial charge in [0, 0.05) is 0 Å². The molecule has 1 unspecified atom stereocenters. The summed E-state index contributed by atoms with van der Waals surface area (Å²) in [6.45, 7) is 4.15. The predicted molar refractivity (Wildman–Crippen MR) is 81.2 cm³/mol. The Kier molecular flexibility index (Phi) is 3.22. The van der Waals surface area contributed by atoms with E-state index in [1.165, 1.54) is 40.7 Å². The molecule has 1 aromatic carbocycles. The van der Waals surface area contributed by atoms with Crippen LogP contribution in [0.1, 0.15) is 47.9 Å². The number of hydrogen-bond acceptors (Lipinski definition) is 2. The zero-order valence-corrected chi connectivity index (χ0v) is 12.6. The number of rotatable bonds is 1. The van der Waals surface area contributed by atoms with Crippen LogP contribution in [0.3, 0.4) is 0 Å². The van der Waals surface area contributed by atoms with Gasteiger partial charge in [-0.1, -0.05) is 0 Å². The average Bonchev–Trinajstić information content (AvgIpc) is 2.81. The van der Waals surface area contributed by atoms with Crippen LogP contribution in [-0.4, -0.2) is 11.1 Å². The topological polar surface area (TPSA) is 32.6 Å². The van der Waals surface area contributed by atoms with Crippen molar-refractivity contribution in [3.8, 4) is 5.75 Å². The van der Waals surface area contributed by atoms with Crippen LogP contribution in [0.2, 0.25) is 0 Å². The molecule has 0 bridgehead atoms. The van der Waals surface area contributed by atoms with Crippen molar-refractivity contribution in [3.05, 3.63) is 33.9 Å². The van der Waals surface area contributed by atoms with Crippen LogP contribution in [-0.2, 0) is 6.42 Å². The van der Waals surface area contributed by atoms with Crippen LogP contribution >= 0.6 is 9.03 Å². The van der Waals surface area contributed by atoms with Crippen molar-refractivity contribution in [1.82, 2.24) is 0 Å². The highest BCUT2D eigenvalue weighted by Crippen LogP contribution is 2.44. The molecular formula is C16H20NOP. The molecule has 100 valence electrons. The normalized spacial score (nSPS) is 21.9. The van der Waals surface area contributed by atoms with Gasteiger partial charge in [-0.25, -0.2) is 0 Å². The van der Waals surface area contributed by atoms with Crippen LogP contribution in [0.25, 0.3) is 5.57 Å². The molecule has 2 aliphatic rings. The van der Waals surface area contributed by atoms with E-state index in [9.17, 15) is 5.11 Å². The lowest BCUT2D eigenvalue weighted by Crippen LogP contribution is -2.05. The van der Waals surface area contributed by atoms with Crippen molar-refractivity contribution < 1.29 is 5.11 Å². The molecule has 2 nitrogen and oxygen atoms in total. The van der Waals surface area contributed by atoms with Crippen LogP contribution in [0.15, 0.2) is 16.4 Å². The van der Waals surface area contributed by atoms with Crippen LogP contribution in [0.4, 0.5) is 0 Å². The molecule has 2 aliphatic carbocycles. The number of aryl methyl sites for hydroxylation is 1. The maximum absolute atomic E-state index is 10.1. The number of aromatic hydroxyl groups is 1. The van der Waals surface area contributed by atoms with Crippen molar-refractivity contribution in [1.29, 1.82) is 0 Å². The van der Waals surface area contributed by atoms with Gasteiger partial charge < -0.3 is 5.11 Å². The lowest BCUT2D eigenvalue weighted by Gasteiger charge is -2.16. The molecule has 0 radical (unpaired) electrons. The van der Waals surface area contributed by atoms with Crippen molar-refractivity contribution in [2.75, 3.05) is 0 Å². The van der Waals surface area contributed by atoms with Gasteiger partial charge in [0.2, 0.25) is 0 Å². The third-order valence-corrected chi connectivity index (χ3v) is 5.07. The number of phenols is 1. The summed E-state index contributed by atoms with van der Waals surface area (Å²) in [6, 6.07) is 2.28. The molecule has 1 atom stereocenters. The fourth-order valence-electron chi connectivity index (χ4n) is 3.61. The third-order valence-electron chi connectivity index (χ3n) is 4.76. The van der Waals surface area contributed by atoms with Gasteiger partial charge in [-0.15, -0.1) is 0 Å². The van der Waals surface area contributed by atoms with E-state index in [1.807, 2.05) is 13.0 Å². The van der Waals surface area contributed by atoms with Gasteiger partial charge in [0.25, 0.3) is 0 Å². The fraction of sp³-hybridized carbons (Fsp3) is 0.500. The second-order valence-electron chi connectivity index (χ2n) is 5.72. The number of fused-ring (bicyclic) bond motifs is 2. The third kappa shape index (κ3) is 1.94. The lowest BCUT2D eigenvalue weighted by molar-refractivity contribution is 0.469. The van der Waals surface area contributed by atoms with Crippen LogP contribution in [0.5, 0.6) is 5.75 Å². The average molecular weight is 273 g/mol. The summed E-state index contributed by atoms with van der Waals surface area (Å²) in [5.41, 5.74) is 7.99. The fourth-order valence-corrected chi connectivity index (χ4v) is 3.90. The van der Waals surface area contributed by atoms with Crippen molar-refractivity contribution >= 4 is 14.6 Å². The van der Waals surface area contributed by atoms with E-state index in [4.69, 9.17) is 0 Å². The minimum absolute atomic E-state index is 0.309. The Hall–Kier alpha value is -1.14. The minimum atomic E-state index is 0.309. The zero-order valence-electron chi connectivity index (χ0n) is 11.6. The summed E-state index contributed by atoms with van der Waals surface area (Å²) in [6.07, 6.45) is 5.60. The van der Waals surface area contributed by atoms with E-state index in [2.05, 4.69) is 20.7 Å². The van der Waals surface area contributed by atoms with E-state index < -0.39 is 0 Å². The van der Waals surface area contributed by atoms with Crippen molar-refractivity contribution in [2.45, 2.75) is 52.0 Å². The van der Waals surface area contributed by atoms with Crippen molar-refractivity contribution in [2.24, 2.45) is 4.74 Å². The molecule has 3 rings (SSSR count). The number of nitrogens with zero attached hydrogens (tertiary/aromatic N) is 1. The maximum atomic E-state index is 10.1. The largest absolute Gasteiger partial charge is 0.508 e. The predicted octanol–water partition coefficient (Wildman–Crippen LogP) is 4.59. The van der Waals surface area contributed by atoms with Gasteiger partial charge in [-0.05, 0) is 94.4 Å². The molecule has 3 heteroatoms. The number of benzene rings is 1. The first-order valence-electron chi connectivity index (χ1n) is 7.04. The summed E-state index contributed by atoms with van der Waals surface area (Å²) < 4.78 is 4.39. The first-order chi connectivity index (χ1) is 9.13. The molecule has 0 aliphatic heterocycles. The Morgan fingerprint density at radius 2 is 2.00 bits per heavy atom. The minimum Gasteiger partial charge on any atom is -0.508 e. The van der Waals surface area contributed by atoms with Crippen molar-refractivity contribution in [3.63, 3.8) is 0 Å². The van der Waals surface area contributed by atoms with Crippen LogP contribution < -0.4 is 0 Å². The number of phenolic OH excluding ortho intramolecular Hbond substituents is 1. The molecule has 0 aromatic heterocycles. The SMILES string of the molecule is Cc1c(O)cc2c(c1C)C1=C(CCC1)C(N=P)CC2. The number of hydrogen-bond donors (Lipinski definition) is 1. The quantitative estimate of drug-likeness (QED) is 0.746. The molecule has 1 N–H and O–H groups in total. The molecule has 19 heavy (non-hydrogen) atoms. The summed E-state index contributed by atoms with van der Waals surface area (Å²) >= 11 is 0. The molecule has 0 amide bonds. The molecule has 0 saturated carbocycles. The molecule has 1 aromatic rings. The van der Waals surface area contributed by atoms with Gasteiger partial charge >= 0.3 is 0 Å². The maximum Gasteiger partial charge on any atom is 0.119 e. The summed E-state index contributed by atoms with van der Waals surface area (Å²) in [4.78, 5) is 0. The molecule has 0 spiro atoms. The van der Waals surface area contributed by atoms with E-state index in [0.29, 0.717) is 11.8 Å². The highest BCUT2D eigenvalue weighted by atomic mass is 31.0. The standard InChI is InChI=1S/C16H20NOP/c1-9-10(2)16-11(8-15(9)18)6-7-14(17-19)12-4-3-5-13(12)16/h8,14,18-19H,3-7H2,1-2H3. The monoisotopic (exact) mass is 273 g/mol. The van der Waals surface area contributed by atoms with E-state index in [1.54, 1.807) is 0 Å². The lowest BCUT2D eigenvalue weighted by atomic mass is 9.90. The molecular weight excluding hydrogens is 253 g/mol. The number of allylic oxidation sites excluding steroid dienone is 1. The Morgan fingerprint density at radius 3 is 2.74 bits per heavy atom. The summed E-state index contributed by atoms with van der Waals surface area (Å²) in [5, 5.41) is 10.1. The van der Waals surface area contributed by atoms with Crippen LogP contribution in [0, 0.1) is 13.8 Å². The Balaban J connectivity index is 2.26. The zero-order chi connectivity index (χ0) is 13.6. The molecule has 0 heterocycles. The first kappa shape index (κ1) is 12.9. The first-order valence-corrected chi connectivity index (χ1v) is 7.49. The Morgan fingerprint density at radius 1 is 1.21 bits per heavy atom. The molecule has 0 fully saturated rings. The van der Waals surface area contributed by atoms with Gasteiger partial charge in [0.15, 0.2) is 0 Å². The van der Waals surface area contributed by atoms with E-state index in [-0.39, 0.29) is 0 Å². The highest BCUT2D eigenvalue weighted by molar-refractivity contribution is 7.04. The second kappa shape index (κ2) is 4.76.